The van der Waals surface area contributed by atoms with Gasteiger partial charge in [-0.1, -0.05) is 0 Å². The second-order valence-electron chi connectivity index (χ2n) is 6.03. The van der Waals surface area contributed by atoms with Crippen LogP contribution < -0.4 is 5.32 Å². The Labute approximate surface area is 120 Å². The van der Waals surface area contributed by atoms with Crippen molar-refractivity contribution in [2.24, 2.45) is 0 Å². The first-order valence-corrected chi connectivity index (χ1v) is 7.32. The standard InChI is InChI=1S/C16H22N2O2/c1-16(20-2)7-3-9-18(11-16)15(19)13-4-5-14-12(10-13)6-8-17-14/h4-5,10,17H,3,6-9,11H2,1-2H3. The molecule has 4 nitrogen and oxygen atoms in total. The molecule has 2 aliphatic rings. The minimum Gasteiger partial charge on any atom is -0.384 e. The molecule has 108 valence electrons. The van der Waals surface area contributed by atoms with Crippen LogP contribution in [-0.4, -0.2) is 43.2 Å². The summed E-state index contributed by atoms with van der Waals surface area (Å²) in [6, 6.07) is 5.99. The van der Waals surface area contributed by atoms with E-state index in [4.69, 9.17) is 4.74 Å². The SMILES string of the molecule is COC1(C)CCCN(C(=O)c2ccc3c(c2)CCN3)C1. The van der Waals surface area contributed by atoms with Gasteiger partial charge in [0, 0.05) is 38.0 Å². The van der Waals surface area contributed by atoms with Gasteiger partial charge in [-0.15, -0.1) is 0 Å². The molecular weight excluding hydrogens is 252 g/mol. The summed E-state index contributed by atoms with van der Waals surface area (Å²) < 4.78 is 5.57. The third-order valence-electron chi connectivity index (χ3n) is 4.50. The van der Waals surface area contributed by atoms with Crippen LogP contribution in [0, 0.1) is 0 Å². The number of carbonyl (C=O) groups is 1. The number of carbonyl (C=O) groups excluding carboxylic acids is 1. The van der Waals surface area contributed by atoms with Crippen molar-refractivity contribution < 1.29 is 9.53 Å². The van der Waals surface area contributed by atoms with Gasteiger partial charge in [0.1, 0.15) is 0 Å². The Morgan fingerprint density at radius 1 is 1.45 bits per heavy atom. The number of nitrogens with zero attached hydrogens (tertiary/aromatic N) is 1. The monoisotopic (exact) mass is 274 g/mol. The normalized spacial score (nSPS) is 25.2. The molecule has 20 heavy (non-hydrogen) atoms. The van der Waals surface area contributed by atoms with Gasteiger partial charge in [-0.3, -0.25) is 4.79 Å². The van der Waals surface area contributed by atoms with Crippen molar-refractivity contribution in [1.82, 2.24) is 4.90 Å². The molecule has 1 saturated heterocycles. The Kier molecular flexibility index (Phi) is 3.42. The molecule has 2 heterocycles. The summed E-state index contributed by atoms with van der Waals surface area (Å²) in [5.74, 6) is 0.127. The third kappa shape index (κ3) is 2.40. The fourth-order valence-corrected chi connectivity index (χ4v) is 3.17. The Balaban J connectivity index is 1.78. The van der Waals surface area contributed by atoms with Crippen LogP contribution in [0.15, 0.2) is 18.2 Å². The molecule has 0 aromatic heterocycles. The highest BCUT2D eigenvalue weighted by molar-refractivity contribution is 5.95. The van der Waals surface area contributed by atoms with E-state index >= 15 is 0 Å². The molecule has 1 unspecified atom stereocenters. The Hall–Kier alpha value is -1.55. The molecule has 0 spiro atoms. The lowest BCUT2D eigenvalue weighted by Gasteiger charge is -2.39. The number of rotatable bonds is 2. The first-order chi connectivity index (χ1) is 9.61. The Bertz CT molecular complexity index is 529. The molecule has 0 aliphatic carbocycles. The highest BCUT2D eigenvalue weighted by Crippen LogP contribution is 2.27. The highest BCUT2D eigenvalue weighted by atomic mass is 16.5. The number of methoxy groups -OCH3 is 1. The van der Waals surface area contributed by atoms with Gasteiger partial charge in [-0.05, 0) is 49.9 Å². The van der Waals surface area contributed by atoms with Gasteiger partial charge in [-0.25, -0.2) is 0 Å². The number of ether oxygens (including phenoxy) is 1. The fraction of sp³-hybridized carbons (Fsp3) is 0.562. The van der Waals surface area contributed by atoms with E-state index in [1.807, 2.05) is 23.1 Å². The van der Waals surface area contributed by atoms with Crippen LogP contribution in [0.4, 0.5) is 5.69 Å². The van der Waals surface area contributed by atoms with Gasteiger partial charge < -0.3 is 15.0 Å². The van der Waals surface area contributed by atoms with Crippen LogP contribution in [0.2, 0.25) is 0 Å². The zero-order valence-electron chi connectivity index (χ0n) is 12.2. The summed E-state index contributed by atoms with van der Waals surface area (Å²) in [7, 11) is 1.73. The van der Waals surface area contributed by atoms with Gasteiger partial charge in [0.2, 0.25) is 0 Å². The van der Waals surface area contributed by atoms with E-state index in [1.165, 1.54) is 11.3 Å². The molecule has 1 N–H and O–H groups in total. The lowest BCUT2D eigenvalue weighted by molar-refractivity contribution is -0.0440. The molecule has 1 atom stereocenters. The number of hydrogen-bond acceptors (Lipinski definition) is 3. The van der Waals surface area contributed by atoms with Crippen molar-refractivity contribution in [3.05, 3.63) is 29.3 Å². The molecule has 1 amide bonds. The van der Waals surface area contributed by atoms with E-state index in [9.17, 15) is 4.79 Å². The minimum absolute atomic E-state index is 0.127. The predicted octanol–water partition coefficient (Wildman–Crippen LogP) is 2.30. The van der Waals surface area contributed by atoms with E-state index in [2.05, 4.69) is 12.2 Å². The molecule has 0 radical (unpaired) electrons. The predicted molar refractivity (Wildman–Crippen MR) is 79.2 cm³/mol. The summed E-state index contributed by atoms with van der Waals surface area (Å²) in [4.78, 5) is 14.6. The van der Waals surface area contributed by atoms with Gasteiger partial charge in [0.05, 0.1) is 5.60 Å². The molecule has 1 fully saturated rings. The third-order valence-corrected chi connectivity index (χ3v) is 4.50. The number of likely N-dealkylation sites (tertiary alicyclic amines) is 1. The van der Waals surface area contributed by atoms with Crippen LogP contribution in [0.1, 0.15) is 35.7 Å². The van der Waals surface area contributed by atoms with Crippen LogP contribution in [0.3, 0.4) is 0 Å². The number of fused-ring (bicyclic) bond motifs is 1. The fourth-order valence-electron chi connectivity index (χ4n) is 3.17. The molecule has 0 saturated carbocycles. The molecule has 1 aromatic carbocycles. The first kappa shape index (κ1) is 13.4. The van der Waals surface area contributed by atoms with Crippen molar-refractivity contribution in [3.63, 3.8) is 0 Å². The highest BCUT2D eigenvalue weighted by Gasteiger charge is 2.33. The van der Waals surface area contributed by atoms with E-state index < -0.39 is 0 Å². The quantitative estimate of drug-likeness (QED) is 0.899. The molecule has 1 aromatic rings. The maximum Gasteiger partial charge on any atom is 0.253 e. The van der Waals surface area contributed by atoms with Crippen LogP contribution in [0.25, 0.3) is 0 Å². The van der Waals surface area contributed by atoms with Crippen LogP contribution in [0.5, 0.6) is 0 Å². The van der Waals surface area contributed by atoms with Crippen molar-refractivity contribution in [1.29, 1.82) is 0 Å². The van der Waals surface area contributed by atoms with Gasteiger partial charge in [0.25, 0.3) is 5.91 Å². The maximum absolute atomic E-state index is 12.7. The van der Waals surface area contributed by atoms with Crippen molar-refractivity contribution >= 4 is 11.6 Å². The zero-order chi connectivity index (χ0) is 14.2. The Morgan fingerprint density at radius 3 is 3.10 bits per heavy atom. The molecule has 2 aliphatic heterocycles. The van der Waals surface area contributed by atoms with E-state index in [-0.39, 0.29) is 11.5 Å². The summed E-state index contributed by atoms with van der Waals surface area (Å²) >= 11 is 0. The summed E-state index contributed by atoms with van der Waals surface area (Å²) in [6.45, 7) is 4.56. The smallest absolute Gasteiger partial charge is 0.253 e. The number of nitrogens with one attached hydrogen (secondary N) is 1. The molecular formula is C16H22N2O2. The van der Waals surface area contributed by atoms with Crippen LogP contribution in [-0.2, 0) is 11.2 Å². The topological polar surface area (TPSA) is 41.6 Å². The van der Waals surface area contributed by atoms with E-state index in [0.29, 0.717) is 6.54 Å². The summed E-state index contributed by atoms with van der Waals surface area (Å²) in [5, 5.41) is 3.32. The summed E-state index contributed by atoms with van der Waals surface area (Å²) in [6.07, 6.45) is 3.02. The summed E-state index contributed by atoms with van der Waals surface area (Å²) in [5.41, 5.74) is 3.02. The number of anilines is 1. The van der Waals surface area contributed by atoms with Gasteiger partial charge in [-0.2, -0.15) is 0 Å². The Morgan fingerprint density at radius 2 is 2.30 bits per heavy atom. The van der Waals surface area contributed by atoms with Crippen molar-refractivity contribution in [3.8, 4) is 0 Å². The van der Waals surface area contributed by atoms with Crippen molar-refractivity contribution in [2.45, 2.75) is 31.8 Å². The largest absolute Gasteiger partial charge is 0.384 e. The van der Waals surface area contributed by atoms with E-state index in [1.54, 1.807) is 7.11 Å². The molecule has 0 bridgehead atoms. The van der Waals surface area contributed by atoms with Gasteiger partial charge in [0.15, 0.2) is 0 Å². The number of benzene rings is 1. The second-order valence-corrected chi connectivity index (χ2v) is 6.03. The van der Waals surface area contributed by atoms with E-state index in [0.717, 1.165) is 37.9 Å². The zero-order valence-corrected chi connectivity index (χ0v) is 12.2. The number of piperidine rings is 1. The first-order valence-electron chi connectivity index (χ1n) is 7.32. The van der Waals surface area contributed by atoms with Crippen molar-refractivity contribution in [2.75, 3.05) is 32.1 Å². The number of hydrogen-bond donors (Lipinski definition) is 1. The van der Waals surface area contributed by atoms with Crippen LogP contribution >= 0.6 is 0 Å². The molecule has 4 heteroatoms. The lowest BCUT2D eigenvalue weighted by atomic mass is 9.94. The number of amides is 1. The average Bonchev–Trinajstić information content (AvgIpc) is 2.94. The minimum atomic E-state index is -0.202. The van der Waals surface area contributed by atoms with Gasteiger partial charge >= 0.3 is 0 Å². The lowest BCUT2D eigenvalue weighted by Crippen LogP contribution is -2.49. The maximum atomic E-state index is 12.7. The molecule has 3 rings (SSSR count). The average molecular weight is 274 g/mol. The second kappa shape index (κ2) is 5.09.